The molecule has 0 aliphatic rings. The second-order valence-electron chi connectivity index (χ2n) is 6.43. The molecular formula is C23H33FN2O3. The Morgan fingerprint density at radius 1 is 1.24 bits per heavy atom. The highest BCUT2D eigenvalue weighted by Crippen LogP contribution is 2.21. The van der Waals surface area contributed by atoms with Gasteiger partial charge in [0.05, 0.1) is 13.2 Å². The molecule has 1 atom stereocenters. The minimum atomic E-state index is -0.381. The fourth-order valence-electron chi connectivity index (χ4n) is 2.71. The predicted octanol–water partition coefficient (Wildman–Crippen LogP) is 5.26. The van der Waals surface area contributed by atoms with Gasteiger partial charge >= 0.3 is 5.97 Å². The van der Waals surface area contributed by atoms with E-state index in [9.17, 15) is 9.18 Å². The Hall–Kier alpha value is -2.63. The van der Waals surface area contributed by atoms with Crippen molar-refractivity contribution in [2.45, 2.75) is 47.0 Å². The zero-order valence-electron chi connectivity index (χ0n) is 17.9. The zero-order valence-corrected chi connectivity index (χ0v) is 17.9. The van der Waals surface area contributed by atoms with Crippen molar-refractivity contribution in [2.24, 2.45) is 5.92 Å². The molecule has 6 heteroatoms. The summed E-state index contributed by atoms with van der Waals surface area (Å²) in [5.41, 5.74) is 0.841. The molecule has 1 heterocycles. The lowest BCUT2D eigenvalue weighted by atomic mass is 9.98. The minimum absolute atomic E-state index is 0.0906. The van der Waals surface area contributed by atoms with E-state index in [0.717, 1.165) is 17.8 Å². The predicted molar refractivity (Wildman–Crippen MR) is 115 cm³/mol. The van der Waals surface area contributed by atoms with E-state index in [1.165, 1.54) is 6.07 Å². The second-order valence-corrected chi connectivity index (χ2v) is 6.43. The van der Waals surface area contributed by atoms with Gasteiger partial charge in [0.2, 0.25) is 0 Å². The molecule has 2 aromatic rings. The highest BCUT2D eigenvalue weighted by molar-refractivity contribution is 5.69. The summed E-state index contributed by atoms with van der Waals surface area (Å²) in [6, 6.07) is 10.6. The van der Waals surface area contributed by atoms with Crippen LogP contribution < -0.4 is 10.1 Å². The number of aromatic nitrogens is 1. The van der Waals surface area contributed by atoms with E-state index in [4.69, 9.17) is 9.47 Å². The number of esters is 1. The van der Waals surface area contributed by atoms with Crippen molar-refractivity contribution in [3.8, 4) is 5.75 Å². The van der Waals surface area contributed by atoms with Gasteiger partial charge in [0, 0.05) is 19.2 Å². The summed E-state index contributed by atoms with van der Waals surface area (Å²) < 4.78 is 24.7. The Morgan fingerprint density at radius 2 is 2.03 bits per heavy atom. The van der Waals surface area contributed by atoms with Crippen LogP contribution in [0.2, 0.25) is 0 Å². The molecule has 1 N–H and O–H groups in total. The summed E-state index contributed by atoms with van der Waals surface area (Å²) in [7, 11) is 0. The molecule has 0 amide bonds. The highest BCUT2D eigenvalue weighted by Gasteiger charge is 2.12. The van der Waals surface area contributed by atoms with Gasteiger partial charge in [-0.2, -0.15) is 0 Å². The molecule has 0 aliphatic heterocycles. The number of carbonyl (C=O) groups is 1. The average molecular weight is 405 g/mol. The van der Waals surface area contributed by atoms with Crippen LogP contribution in [-0.2, 0) is 16.0 Å². The zero-order chi connectivity index (χ0) is 21.5. The summed E-state index contributed by atoms with van der Waals surface area (Å²) in [5.74, 6) is 0.547. The number of halogens is 1. The van der Waals surface area contributed by atoms with E-state index in [1.54, 1.807) is 19.2 Å². The van der Waals surface area contributed by atoms with Crippen molar-refractivity contribution in [3.05, 3.63) is 54.0 Å². The molecule has 0 saturated carbocycles. The van der Waals surface area contributed by atoms with Gasteiger partial charge in [-0.1, -0.05) is 32.9 Å². The molecule has 0 aliphatic carbocycles. The molecular weight excluding hydrogens is 371 g/mol. The number of nitrogens with one attached hydrogen (secondary N) is 1. The maximum Gasteiger partial charge on any atom is 0.306 e. The van der Waals surface area contributed by atoms with Crippen LogP contribution >= 0.6 is 0 Å². The SMILES string of the molecule is CC.CCOC(=O)CC(C)Cc1ccc(OCCCNc2ccccn2)c(F)c1. The van der Waals surface area contributed by atoms with E-state index in [0.29, 0.717) is 32.6 Å². The number of hydrogen-bond acceptors (Lipinski definition) is 5. The fourth-order valence-corrected chi connectivity index (χ4v) is 2.71. The van der Waals surface area contributed by atoms with Crippen molar-refractivity contribution in [1.82, 2.24) is 4.98 Å². The molecule has 0 radical (unpaired) electrons. The van der Waals surface area contributed by atoms with E-state index in [-0.39, 0.29) is 23.5 Å². The average Bonchev–Trinajstić information content (AvgIpc) is 2.71. The van der Waals surface area contributed by atoms with Crippen molar-refractivity contribution in [3.63, 3.8) is 0 Å². The highest BCUT2D eigenvalue weighted by atomic mass is 19.1. The number of rotatable bonds is 11. The fraction of sp³-hybridized carbons (Fsp3) is 0.478. The summed E-state index contributed by atoms with van der Waals surface area (Å²) in [6.07, 6.45) is 3.40. The Labute approximate surface area is 173 Å². The summed E-state index contributed by atoms with van der Waals surface area (Å²) >= 11 is 0. The van der Waals surface area contributed by atoms with Gasteiger partial charge in [-0.25, -0.2) is 9.37 Å². The van der Waals surface area contributed by atoms with Gasteiger partial charge in [0.25, 0.3) is 0 Å². The molecule has 0 saturated heterocycles. The summed E-state index contributed by atoms with van der Waals surface area (Å²) in [4.78, 5) is 15.7. The van der Waals surface area contributed by atoms with Gasteiger partial charge in [-0.3, -0.25) is 4.79 Å². The molecule has 1 aromatic heterocycles. The molecule has 1 aromatic carbocycles. The number of benzene rings is 1. The number of pyridine rings is 1. The van der Waals surface area contributed by atoms with Crippen LogP contribution in [0.3, 0.4) is 0 Å². The third kappa shape index (κ3) is 9.92. The first-order valence-electron chi connectivity index (χ1n) is 10.3. The second kappa shape index (κ2) is 14.4. The monoisotopic (exact) mass is 404 g/mol. The third-order valence-corrected chi connectivity index (χ3v) is 3.95. The molecule has 0 fully saturated rings. The van der Waals surface area contributed by atoms with Gasteiger partial charge in [0.15, 0.2) is 11.6 Å². The summed E-state index contributed by atoms with van der Waals surface area (Å²) in [5, 5.41) is 3.18. The van der Waals surface area contributed by atoms with E-state index in [2.05, 4.69) is 10.3 Å². The lowest BCUT2D eigenvalue weighted by Gasteiger charge is -2.12. The smallest absolute Gasteiger partial charge is 0.306 e. The normalized spacial score (nSPS) is 11.1. The van der Waals surface area contributed by atoms with Crippen molar-refractivity contribution in [1.29, 1.82) is 0 Å². The lowest BCUT2D eigenvalue weighted by Crippen LogP contribution is -2.11. The Balaban J connectivity index is 0.00000204. The number of nitrogens with zero attached hydrogens (tertiary/aromatic N) is 1. The van der Waals surface area contributed by atoms with Crippen LogP contribution in [0.1, 0.15) is 46.1 Å². The maximum absolute atomic E-state index is 14.2. The summed E-state index contributed by atoms with van der Waals surface area (Å²) in [6.45, 7) is 9.22. The Morgan fingerprint density at radius 3 is 2.69 bits per heavy atom. The van der Waals surface area contributed by atoms with Crippen molar-refractivity contribution < 1.29 is 18.7 Å². The van der Waals surface area contributed by atoms with Crippen molar-refractivity contribution in [2.75, 3.05) is 25.1 Å². The van der Waals surface area contributed by atoms with Crippen molar-refractivity contribution >= 4 is 11.8 Å². The molecule has 0 bridgehead atoms. The van der Waals surface area contributed by atoms with Gasteiger partial charge < -0.3 is 14.8 Å². The first-order chi connectivity index (χ1) is 14.1. The number of ether oxygens (including phenoxy) is 2. The van der Waals surface area contributed by atoms with Crippen LogP contribution in [0.15, 0.2) is 42.6 Å². The third-order valence-electron chi connectivity index (χ3n) is 3.95. The van der Waals surface area contributed by atoms with E-state index >= 15 is 0 Å². The maximum atomic E-state index is 14.2. The van der Waals surface area contributed by atoms with E-state index in [1.807, 2.05) is 45.0 Å². The molecule has 160 valence electrons. The van der Waals surface area contributed by atoms with E-state index < -0.39 is 0 Å². The molecule has 29 heavy (non-hydrogen) atoms. The quantitative estimate of drug-likeness (QED) is 0.409. The van der Waals surface area contributed by atoms with Crippen LogP contribution in [0.4, 0.5) is 10.2 Å². The van der Waals surface area contributed by atoms with Gasteiger partial charge in [0.1, 0.15) is 5.82 Å². The minimum Gasteiger partial charge on any atom is -0.490 e. The lowest BCUT2D eigenvalue weighted by molar-refractivity contribution is -0.144. The molecule has 0 spiro atoms. The standard InChI is InChI=1S/C21H27FN2O3.C2H6/c1-3-26-21(25)14-16(2)13-17-8-9-19(18(22)15-17)27-12-6-11-24-20-7-4-5-10-23-20;1-2/h4-5,7-10,15-16H,3,6,11-14H2,1-2H3,(H,23,24);1-2H3. The number of hydrogen-bond donors (Lipinski definition) is 1. The largest absolute Gasteiger partial charge is 0.490 e. The number of anilines is 1. The molecule has 5 nitrogen and oxygen atoms in total. The Bertz CT molecular complexity index is 711. The Kier molecular flexibility index (Phi) is 12.1. The van der Waals surface area contributed by atoms with Crippen LogP contribution in [0, 0.1) is 11.7 Å². The van der Waals surface area contributed by atoms with Crippen LogP contribution in [0.5, 0.6) is 5.75 Å². The van der Waals surface area contributed by atoms with Gasteiger partial charge in [-0.15, -0.1) is 0 Å². The van der Waals surface area contributed by atoms with Gasteiger partial charge in [-0.05, 0) is 55.5 Å². The van der Waals surface area contributed by atoms with Crippen LogP contribution in [-0.4, -0.2) is 30.7 Å². The topological polar surface area (TPSA) is 60.5 Å². The molecule has 1 unspecified atom stereocenters. The first-order valence-corrected chi connectivity index (χ1v) is 10.3. The van der Waals surface area contributed by atoms with Crippen LogP contribution in [0.25, 0.3) is 0 Å². The molecule has 2 rings (SSSR count). The first kappa shape index (κ1) is 24.4. The number of carbonyl (C=O) groups excluding carboxylic acids is 1.